The van der Waals surface area contributed by atoms with Crippen LogP contribution in [0.15, 0.2) is 30.3 Å². The Kier molecular flexibility index (Phi) is 4.65. The largest absolute Gasteiger partial charge is 0.395 e. The summed E-state index contributed by atoms with van der Waals surface area (Å²) in [5.41, 5.74) is 5.34. The maximum absolute atomic E-state index is 9.07. The summed E-state index contributed by atoms with van der Waals surface area (Å²) >= 11 is 0. The summed E-state index contributed by atoms with van der Waals surface area (Å²) in [5, 5.41) is 14.0. The van der Waals surface area contributed by atoms with Gasteiger partial charge in [-0.3, -0.25) is 9.80 Å². The van der Waals surface area contributed by atoms with Gasteiger partial charge in [0.15, 0.2) is 0 Å². The van der Waals surface area contributed by atoms with Gasteiger partial charge in [-0.25, -0.2) is 4.68 Å². The van der Waals surface area contributed by atoms with E-state index in [1.165, 1.54) is 35.5 Å². The maximum atomic E-state index is 9.07. The number of aromatic nitrogens is 2. The van der Waals surface area contributed by atoms with Gasteiger partial charge >= 0.3 is 0 Å². The van der Waals surface area contributed by atoms with Crippen molar-refractivity contribution in [2.24, 2.45) is 0 Å². The van der Waals surface area contributed by atoms with E-state index in [0.29, 0.717) is 0 Å². The minimum absolute atomic E-state index is 0.259. The number of para-hydroxylation sites is 1. The number of aliphatic hydroxyl groups excluding tert-OH is 1. The Morgan fingerprint density at radius 1 is 0.958 bits per heavy atom. The lowest BCUT2D eigenvalue weighted by Gasteiger charge is -2.34. The molecule has 0 atom stereocenters. The van der Waals surface area contributed by atoms with E-state index in [4.69, 9.17) is 10.2 Å². The molecular weight excluding hydrogens is 300 g/mol. The molecule has 1 N–H and O–H groups in total. The van der Waals surface area contributed by atoms with E-state index >= 15 is 0 Å². The van der Waals surface area contributed by atoms with Crippen LogP contribution >= 0.6 is 0 Å². The van der Waals surface area contributed by atoms with Crippen molar-refractivity contribution in [3.05, 3.63) is 47.3 Å². The van der Waals surface area contributed by atoms with E-state index in [1.807, 2.05) is 0 Å². The van der Waals surface area contributed by atoms with Gasteiger partial charge in [0.1, 0.15) is 0 Å². The molecule has 5 heteroatoms. The summed E-state index contributed by atoms with van der Waals surface area (Å²) in [6.07, 6.45) is 3.56. The molecule has 0 bridgehead atoms. The standard InChI is InChI=1S/C19H26N4O/c24-14-13-21-9-11-22(12-10-21)15-18-17-7-4-8-19(17)23(20-18)16-5-2-1-3-6-16/h1-3,5-6,24H,4,7-15H2. The molecule has 1 aliphatic heterocycles. The molecule has 0 spiro atoms. The van der Waals surface area contributed by atoms with Gasteiger partial charge in [-0.15, -0.1) is 0 Å². The van der Waals surface area contributed by atoms with Gasteiger partial charge in [0.05, 0.1) is 18.0 Å². The number of rotatable bonds is 5. The van der Waals surface area contributed by atoms with Gasteiger partial charge in [-0.2, -0.15) is 5.10 Å². The number of benzene rings is 1. The fraction of sp³-hybridized carbons (Fsp3) is 0.526. The van der Waals surface area contributed by atoms with Crippen molar-refractivity contribution < 1.29 is 5.11 Å². The topological polar surface area (TPSA) is 44.5 Å². The number of aliphatic hydroxyl groups is 1. The van der Waals surface area contributed by atoms with Crippen LogP contribution in [-0.4, -0.2) is 64.0 Å². The SMILES string of the molecule is OCCN1CCN(Cc2nn(-c3ccccc3)c3c2CCC3)CC1. The van der Waals surface area contributed by atoms with Crippen molar-refractivity contribution in [1.29, 1.82) is 0 Å². The summed E-state index contributed by atoms with van der Waals surface area (Å²) in [6, 6.07) is 10.5. The predicted octanol–water partition coefficient (Wildman–Crippen LogP) is 1.47. The Hall–Kier alpha value is -1.69. The van der Waals surface area contributed by atoms with Crippen LogP contribution < -0.4 is 0 Å². The van der Waals surface area contributed by atoms with Gasteiger partial charge in [0.25, 0.3) is 0 Å². The lowest BCUT2D eigenvalue weighted by atomic mass is 10.2. The molecule has 4 rings (SSSR count). The van der Waals surface area contributed by atoms with Crippen molar-refractivity contribution >= 4 is 0 Å². The molecule has 0 saturated carbocycles. The van der Waals surface area contributed by atoms with E-state index in [2.05, 4.69) is 44.8 Å². The van der Waals surface area contributed by atoms with E-state index in [9.17, 15) is 0 Å². The molecule has 128 valence electrons. The van der Waals surface area contributed by atoms with Crippen LogP contribution in [0, 0.1) is 0 Å². The number of nitrogens with zero attached hydrogens (tertiary/aromatic N) is 4. The summed E-state index contributed by atoms with van der Waals surface area (Å²) in [7, 11) is 0. The number of fused-ring (bicyclic) bond motifs is 1. The smallest absolute Gasteiger partial charge is 0.0804 e. The second kappa shape index (κ2) is 7.05. The quantitative estimate of drug-likeness (QED) is 0.904. The van der Waals surface area contributed by atoms with Crippen molar-refractivity contribution in [1.82, 2.24) is 19.6 Å². The highest BCUT2D eigenvalue weighted by Gasteiger charge is 2.25. The lowest BCUT2D eigenvalue weighted by Crippen LogP contribution is -2.46. The molecule has 2 heterocycles. The molecule has 5 nitrogen and oxygen atoms in total. The van der Waals surface area contributed by atoms with E-state index in [1.54, 1.807) is 0 Å². The predicted molar refractivity (Wildman–Crippen MR) is 94.4 cm³/mol. The lowest BCUT2D eigenvalue weighted by molar-refractivity contribution is 0.107. The van der Waals surface area contributed by atoms with E-state index in [0.717, 1.165) is 45.7 Å². The minimum atomic E-state index is 0.259. The Balaban J connectivity index is 1.51. The van der Waals surface area contributed by atoms with Gasteiger partial charge in [0, 0.05) is 45.0 Å². The first-order chi connectivity index (χ1) is 11.8. The molecule has 2 aliphatic rings. The van der Waals surface area contributed by atoms with Crippen LogP contribution in [0.1, 0.15) is 23.4 Å². The number of hydrogen-bond donors (Lipinski definition) is 1. The molecule has 1 aliphatic carbocycles. The third kappa shape index (κ3) is 3.11. The zero-order valence-electron chi connectivity index (χ0n) is 14.2. The van der Waals surface area contributed by atoms with Gasteiger partial charge in [-0.1, -0.05) is 18.2 Å². The average Bonchev–Trinajstić information content (AvgIpc) is 3.22. The monoisotopic (exact) mass is 326 g/mol. The summed E-state index contributed by atoms with van der Waals surface area (Å²) in [6.45, 7) is 6.22. The van der Waals surface area contributed by atoms with Crippen LogP contribution in [-0.2, 0) is 19.4 Å². The number of hydrogen-bond acceptors (Lipinski definition) is 4. The molecule has 0 unspecified atom stereocenters. The second-order valence-corrected chi connectivity index (χ2v) is 6.81. The normalized spacial score (nSPS) is 18.9. The van der Waals surface area contributed by atoms with Crippen molar-refractivity contribution in [2.45, 2.75) is 25.8 Å². The summed E-state index contributed by atoms with van der Waals surface area (Å²) in [5.74, 6) is 0. The summed E-state index contributed by atoms with van der Waals surface area (Å²) < 4.78 is 2.17. The second-order valence-electron chi connectivity index (χ2n) is 6.81. The molecule has 1 aromatic carbocycles. The van der Waals surface area contributed by atoms with Crippen molar-refractivity contribution in [2.75, 3.05) is 39.3 Å². The third-order valence-electron chi connectivity index (χ3n) is 5.27. The average molecular weight is 326 g/mol. The van der Waals surface area contributed by atoms with Crippen LogP contribution in [0.5, 0.6) is 0 Å². The fourth-order valence-corrected chi connectivity index (χ4v) is 3.95. The highest BCUT2D eigenvalue weighted by atomic mass is 16.3. The van der Waals surface area contributed by atoms with Crippen LogP contribution in [0.2, 0.25) is 0 Å². The molecule has 1 saturated heterocycles. The molecule has 1 aromatic heterocycles. The zero-order chi connectivity index (χ0) is 16.4. The molecule has 2 aromatic rings. The van der Waals surface area contributed by atoms with Crippen LogP contribution in [0.25, 0.3) is 5.69 Å². The van der Waals surface area contributed by atoms with Crippen LogP contribution in [0.4, 0.5) is 0 Å². The van der Waals surface area contributed by atoms with Gasteiger partial charge in [-0.05, 0) is 37.0 Å². The first-order valence-corrected chi connectivity index (χ1v) is 9.06. The van der Waals surface area contributed by atoms with Crippen LogP contribution in [0.3, 0.4) is 0 Å². The zero-order valence-corrected chi connectivity index (χ0v) is 14.2. The minimum Gasteiger partial charge on any atom is -0.395 e. The van der Waals surface area contributed by atoms with Crippen molar-refractivity contribution in [3.8, 4) is 5.69 Å². The third-order valence-corrected chi connectivity index (χ3v) is 5.27. The molecule has 24 heavy (non-hydrogen) atoms. The van der Waals surface area contributed by atoms with Gasteiger partial charge in [0.2, 0.25) is 0 Å². The fourth-order valence-electron chi connectivity index (χ4n) is 3.95. The maximum Gasteiger partial charge on any atom is 0.0804 e. The first kappa shape index (κ1) is 15.8. The molecule has 1 fully saturated rings. The Bertz CT molecular complexity index is 674. The van der Waals surface area contributed by atoms with E-state index in [-0.39, 0.29) is 6.61 Å². The van der Waals surface area contributed by atoms with E-state index < -0.39 is 0 Å². The number of β-amino-alcohol motifs (C(OH)–C–C–N with tert-alkyl or cyclic N) is 1. The van der Waals surface area contributed by atoms with Crippen molar-refractivity contribution in [3.63, 3.8) is 0 Å². The molecular formula is C19H26N4O. The molecule has 0 radical (unpaired) electrons. The Morgan fingerprint density at radius 2 is 1.71 bits per heavy atom. The van der Waals surface area contributed by atoms with Gasteiger partial charge < -0.3 is 5.11 Å². The number of piperazine rings is 1. The highest BCUT2D eigenvalue weighted by molar-refractivity contribution is 5.39. The first-order valence-electron chi connectivity index (χ1n) is 9.06. The highest BCUT2D eigenvalue weighted by Crippen LogP contribution is 2.28. The summed E-state index contributed by atoms with van der Waals surface area (Å²) in [4.78, 5) is 4.84. The Labute approximate surface area is 143 Å². The molecule has 0 amide bonds. The Morgan fingerprint density at radius 3 is 2.46 bits per heavy atom.